The van der Waals surface area contributed by atoms with Gasteiger partial charge in [-0.1, -0.05) is 24.3 Å². The van der Waals surface area contributed by atoms with Crippen molar-refractivity contribution in [1.29, 1.82) is 0 Å². The van der Waals surface area contributed by atoms with Crippen LogP contribution in [0.4, 0.5) is 0 Å². The molecular weight excluding hydrogens is 298 g/mol. The monoisotopic (exact) mass is 325 g/mol. The molecule has 0 amide bonds. The number of hydrogen-bond acceptors (Lipinski definition) is 2. The average Bonchev–Trinajstić information content (AvgIpc) is 2.98. The van der Waals surface area contributed by atoms with E-state index in [1.807, 2.05) is 29.0 Å². The molecule has 0 fully saturated rings. The molecular formula is C19H27N5. The van der Waals surface area contributed by atoms with Gasteiger partial charge in [-0.3, -0.25) is 4.99 Å². The number of aromatic nitrogens is 2. The lowest BCUT2D eigenvalue weighted by Crippen LogP contribution is -2.37. The van der Waals surface area contributed by atoms with Crippen molar-refractivity contribution in [2.24, 2.45) is 4.99 Å². The molecule has 1 aromatic heterocycles. The molecule has 1 heterocycles. The van der Waals surface area contributed by atoms with E-state index in [1.54, 1.807) is 0 Å². The first-order chi connectivity index (χ1) is 11.7. The number of benzene rings is 1. The average molecular weight is 325 g/mol. The van der Waals surface area contributed by atoms with Crippen molar-refractivity contribution in [3.63, 3.8) is 0 Å². The smallest absolute Gasteiger partial charge is 0.191 e. The van der Waals surface area contributed by atoms with E-state index >= 15 is 0 Å². The largest absolute Gasteiger partial charge is 0.357 e. The van der Waals surface area contributed by atoms with Gasteiger partial charge in [-0.25, -0.2) is 4.68 Å². The maximum absolute atomic E-state index is 4.61. The van der Waals surface area contributed by atoms with E-state index in [0.29, 0.717) is 0 Å². The maximum Gasteiger partial charge on any atom is 0.191 e. The van der Waals surface area contributed by atoms with Gasteiger partial charge in [0.05, 0.1) is 11.4 Å². The van der Waals surface area contributed by atoms with Crippen LogP contribution in [-0.2, 0) is 6.42 Å². The Balaban J connectivity index is 1.90. The Kier molecular flexibility index (Phi) is 7.08. The highest BCUT2D eigenvalue weighted by Gasteiger charge is 2.06. The quantitative estimate of drug-likeness (QED) is 0.340. The minimum atomic E-state index is 0.717. The number of rotatable bonds is 8. The lowest BCUT2D eigenvalue weighted by atomic mass is 10.1. The predicted molar refractivity (Wildman–Crippen MR) is 101 cm³/mol. The zero-order chi connectivity index (χ0) is 17.2. The van der Waals surface area contributed by atoms with Gasteiger partial charge in [-0.05, 0) is 44.4 Å². The summed E-state index contributed by atoms with van der Waals surface area (Å²) in [6, 6.07) is 10.2. The number of nitrogens with one attached hydrogen (secondary N) is 2. The molecule has 0 aliphatic heterocycles. The highest BCUT2D eigenvalue weighted by molar-refractivity contribution is 5.79. The molecule has 0 radical (unpaired) electrons. The fourth-order valence-corrected chi connectivity index (χ4v) is 2.43. The first-order valence-corrected chi connectivity index (χ1v) is 8.48. The van der Waals surface area contributed by atoms with E-state index in [4.69, 9.17) is 0 Å². The summed E-state index contributed by atoms with van der Waals surface area (Å²) in [5.74, 6) is 0.842. The van der Waals surface area contributed by atoms with Gasteiger partial charge in [0.25, 0.3) is 0 Å². The van der Waals surface area contributed by atoms with Gasteiger partial charge in [0.15, 0.2) is 5.96 Å². The van der Waals surface area contributed by atoms with E-state index in [-0.39, 0.29) is 0 Å². The molecule has 0 aliphatic carbocycles. The Morgan fingerprint density at radius 2 is 2.08 bits per heavy atom. The number of nitrogens with zero attached hydrogens (tertiary/aromatic N) is 3. The predicted octanol–water partition coefficient (Wildman–Crippen LogP) is 2.85. The molecule has 5 heteroatoms. The summed E-state index contributed by atoms with van der Waals surface area (Å²) < 4.78 is 1.95. The first kappa shape index (κ1) is 17.8. The molecule has 0 atom stereocenters. The van der Waals surface area contributed by atoms with Crippen LogP contribution in [0.5, 0.6) is 0 Å². The highest BCUT2D eigenvalue weighted by Crippen LogP contribution is 2.13. The summed E-state index contributed by atoms with van der Waals surface area (Å²) in [6.07, 6.45) is 5.92. The van der Waals surface area contributed by atoms with Gasteiger partial charge in [-0.15, -0.1) is 6.58 Å². The molecule has 0 bridgehead atoms. The normalized spacial score (nSPS) is 11.3. The van der Waals surface area contributed by atoms with E-state index < -0.39 is 0 Å². The molecule has 24 heavy (non-hydrogen) atoms. The fraction of sp³-hybridized carbons (Fsp3) is 0.368. The van der Waals surface area contributed by atoms with Crippen LogP contribution in [0.25, 0.3) is 5.69 Å². The minimum Gasteiger partial charge on any atom is -0.357 e. The zero-order valence-electron chi connectivity index (χ0n) is 14.6. The first-order valence-electron chi connectivity index (χ1n) is 8.48. The van der Waals surface area contributed by atoms with Crippen LogP contribution >= 0.6 is 0 Å². The third kappa shape index (κ3) is 5.26. The second kappa shape index (κ2) is 9.55. The number of para-hydroxylation sites is 1. The number of aryl methyl sites for hydroxylation is 2. The summed E-state index contributed by atoms with van der Waals surface area (Å²) in [5.41, 5.74) is 3.45. The summed E-state index contributed by atoms with van der Waals surface area (Å²) in [6.45, 7) is 10.2. The van der Waals surface area contributed by atoms with Crippen LogP contribution in [-0.4, -0.2) is 35.4 Å². The number of hydrogen-bond donors (Lipinski definition) is 2. The van der Waals surface area contributed by atoms with Crippen molar-refractivity contribution in [2.75, 3.05) is 19.6 Å². The minimum absolute atomic E-state index is 0.717. The van der Waals surface area contributed by atoms with Gasteiger partial charge >= 0.3 is 0 Å². The van der Waals surface area contributed by atoms with Crippen molar-refractivity contribution >= 4 is 5.96 Å². The topological polar surface area (TPSA) is 54.2 Å². The summed E-state index contributed by atoms with van der Waals surface area (Å²) in [7, 11) is 0. The highest BCUT2D eigenvalue weighted by atomic mass is 15.3. The Hall–Kier alpha value is -2.56. The van der Waals surface area contributed by atoms with Crippen LogP contribution in [0.2, 0.25) is 0 Å². The van der Waals surface area contributed by atoms with Gasteiger partial charge in [0.2, 0.25) is 0 Å². The molecule has 0 unspecified atom stereocenters. The van der Waals surface area contributed by atoms with Gasteiger partial charge in [0, 0.05) is 25.8 Å². The lowest BCUT2D eigenvalue weighted by molar-refractivity contribution is 0.800. The Bertz CT molecular complexity index is 658. The number of aliphatic imine (C=N–C) groups is 1. The summed E-state index contributed by atoms with van der Waals surface area (Å²) >= 11 is 0. The van der Waals surface area contributed by atoms with Crippen LogP contribution in [0.1, 0.15) is 24.6 Å². The second-order valence-corrected chi connectivity index (χ2v) is 5.55. The van der Waals surface area contributed by atoms with Crippen molar-refractivity contribution in [3.8, 4) is 5.69 Å². The van der Waals surface area contributed by atoms with E-state index in [1.165, 1.54) is 5.56 Å². The SMILES string of the molecule is C=CCNC(=NCCCc1cn(-c2ccccc2)nc1C)NCC. The molecule has 0 spiro atoms. The van der Waals surface area contributed by atoms with Crippen LogP contribution < -0.4 is 10.6 Å². The van der Waals surface area contributed by atoms with Crippen molar-refractivity contribution in [1.82, 2.24) is 20.4 Å². The molecule has 128 valence electrons. The maximum atomic E-state index is 4.61. The van der Waals surface area contributed by atoms with Crippen LogP contribution in [0.15, 0.2) is 54.2 Å². The summed E-state index contributed by atoms with van der Waals surface area (Å²) in [4.78, 5) is 4.58. The molecule has 5 nitrogen and oxygen atoms in total. The molecule has 2 aromatic rings. The van der Waals surface area contributed by atoms with Crippen molar-refractivity contribution < 1.29 is 0 Å². The Morgan fingerprint density at radius 1 is 1.29 bits per heavy atom. The molecule has 2 rings (SSSR count). The standard InChI is InChI=1S/C19H27N5/c1-4-13-21-19(20-5-2)22-14-9-10-17-15-24(23-16(17)3)18-11-7-6-8-12-18/h4,6-8,11-12,15H,1,5,9-10,13-14H2,2-3H3,(H2,20,21,22). The van der Waals surface area contributed by atoms with Crippen LogP contribution in [0.3, 0.4) is 0 Å². The summed E-state index contributed by atoms with van der Waals surface area (Å²) in [5, 5.41) is 11.0. The lowest BCUT2D eigenvalue weighted by Gasteiger charge is -2.09. The third-order valence-electron chi connectivity index (χ3n) is 3.65. The Labute approximate surface area is 144 Å². The van der Waals surface area contributed by atoms with Crippen molar-refractivity contribution in [3.05, 3.63) is 60.4 Å². The molecule has 0 saturated carbocycles. The van der Waals surface area contributed by atoms with Crippen molar-refractivity contribution in [2.45, 2.75) is 26.7 Å². The van der Waals surface area contributed by atoms with E-state index in [9.17, 15) is 0 Å². The second-order valence-electron chi connectivity index (χ2n) is 5.55. The van der Waals surface area contributed by atoms with Gasteiger partial charge in [0.1, 0.15) is 0 Å². The van der Waals surface area contributed by atoms with Gasteiger partial charge in [-0.2, -0.15) is 5.10 Å². The molecule has 0 saturated heterocycles. The van der Waals surface area contributed by atoms with E-state index in [2.05, 4.69) is 59.5 Å². The van der Waals surface area contributed by atoms with E-state index in [0.717, 1.165) is 49.8 Å². The molecule has 2 N–H and O–H groups in total. The zero-order valence-corrected chi connectivity index (χ0v) is 14.6. The fourth-order valence-electron chi connectivity index (χ4n) is 2.43. The van der Waals surface area contributed by atoms with Gasteiger partial charge < -0.3 is 10.6 Å². The van der Waals surface area contributed by atoms with Crippen LogP contribution in [0, 0.1) is 6.92 Å². The Morgan fingerprint density at radius 3 is 2.79 bits per heavy atom. The molecule has 0 aliphatic rings. The number of guanidine groups is 1. The third-order valence-corrected chi connectivity index (χ3v) is 3.65. The molecule has 1 aromatic carbocycles.